The third kappa shape index (κ3) is 6.41. The SMILES string of the molecule is CN=C(NCc1ccc(C(N)=O)o1)NCc1ccc(F)cc1C(F)(F)F.I. The minimum absolute atomic E-state index is 0. The number of nitrogens with two attached hydrogens (primary N) is 1. The van der Waals surface area contributed by atoms with Crippen LogP contribution in [0.5, 0.6) is 0 Å². The Labute approximate surface area is 169 Å². The van der Waals surface area contributed by atoms with Crippen LogP contribution in [0, 0.1) is 5.82 Å². The molecule has 0 radical (unpaired) electrons. The molecule has 2 rings (SSSR count). The van der Waals surface area contributed by atoms with Crippen LogP contribution in [0.4, 0.5) is 17.6 Å². The largest absolute Gasteiger partial charge is 0.454 e. The first kappa shape index (κ1) is 22.7. The zero-order valence-corrected chi connectivity index (χ0v) is 16.4. The number of carbonyl (C=O) groups excluding carboxylic acids is 1. The van der Waals surface area contributed by atoms with Crippen molar-refractivity contribution in [1.29, 1.82) is 0 Å². The Hall–Kier alpha value is -2.31. The van der Waals surface area contributed by atoms with Gasteiger partial charge in [-0.05, 0) is 29.8 Å². The van der Waals surface area contributed by atoms with Gasteiger partial charge in [0.2, 0.25) is 0 Å². The smallest absolute Gasteiger partial charge is 0.416 e. The first-order valence-corrected chi connectivity index (χ1v) is 7.39. The Kier molecular flexibility index (Phi) is 8.06. The topological polar surface area (TPSA) is 92.6 Å². The molecule has 0 fully saturated rings. The summed E-state index contributed by atoms with van der Waals surface area (Å²) in [5.74, 6) is -1.11. The van der Waals surface area contributed by atoms with Gasteiger partial charge in [0.25, 0.3) is 5.91 Å². The molecule has 1 aromatic heterocycles. The molecule has 0 unspecified atom stereocenters. The predicted octanol–water partition coefficient (Wildman–Crippen LogP) is 3.02. The normalized spacial score (nSPS) is 11.7. The van der Waals surface area contributed by atoms with Crippen LogP contribution < -0.4 is 16.4 Å². The van der Waals surface area contributed by atoms with Crippen molar-refractivity contribution >= 4 is 35.8 Å². The average molecular weight is 500 g/mol. The van der Waals surface area contributed by atoms with E-state index in [2.05, 4.69) is 15.6 Å². The summed E-state index contributed by atoms with van der Waals surface area (Å²) in [4.78, 5) is 14.8. The van der Waals surface area contributed by atoms with Gasteiger partial charge in [0, 0.05) is 13.6 Å². The highest BCUT2D eigenvalue weighted by atomic mass is 127. The van der Waals surface area contributed by atoms with E-state index in [1.807, 2.05) is 0 Å². The van der Waals surface area contributed by atoms with Crippen LogP contribution in [-0.4, -0.2) is 18.9 Å². The molecular weight excluding hydrogens is 483 g/mol. The number of alkyl halides is 3. The maximum atomic E-state index is 13.1. The molecule has 0 saturated heterocycles. The number of amides is 1. The number of benzene rings is 1. The molecule has 0 aliphatic carbocycles. The highest BCUT2D eigenvalue weighted by molar-refractivity contribution is 14.0. The fourth-order valence-corrected chi connectivity index (χ4v) is 2.14. The van der Waals surface area contributed by atoms with E-state index in [1.54, 1.807) is 0 Å². The third-order valence-corrected chi connectivity index (χ3v) is 3.38. The minimum atomic E-state index is -4.67. The van der Waals surface area contributed by atoms with Gasteiger partial charge < -0.3 is 20.8 Å². The molecule has 0 atom stereocenters. The third-order valence-electron chi connectivity index (χ3n) is 3.38. The van der Waals surface area contributed by atoms with Crippen LogP contribution in [0.3, 0.4) is 0 Å². The highest BCUT2D eigenvalue weighted by Crippen LogP contribution is 2.32. The Morgan fingerprint density at radius 3 is 2.41 bits per heavy atom. The van der Waals surface area contributed by atoms with Crippen LogP contribution in [0.15, 0.2) is 39.7 Å². The summed E-state index contributed by atoms with van der Waals surface area (Å²) in [7, 11) is 1.43. The quantitative estimate of drug-likeness (QED) is 0.255. The molecule has 11 heteroatoms. The number of hydrogen-bond acceptors (Lipinski definition) is 3. The summed E-state index contributed by atoms with van der Waals surface area (Å²) < 4.78 is 57.2. The number of furan rings is 1. The molecule has 0 aliphatic rings. The van der Waals surface area contributed by atoms with Crippen LogP contribution in [0.2, 0.25) is 0 Å². The van der Waals surface area contributed by atoms with Crippen LogP contribution in [0.1, 0.15) is 27.4 Å². The Morgan fingerprint density at radius 2 is 1.85 bits per heavy atom. The molecule has 1 amide bonds. The summed E-state index contributed by atoms with van der Waals surface area (Å²) >= 11 is 0. The number of halogens is 5. The van der Waals surface area contributed by atoms with E-state index >= 15 is 0 Å². The van der Waals surface area contributed by atoms with Crippen LogP contribution >= 0.6 is 24.0 Å². The molecule has 27 heavy (non-hydrogen) atoms. The molecule has 0 aliphatic heterocycles. The maximum absolute atomic E-state index is 13.1. The van der Waals surface area contributed by atoms with Gasteiger partial charge in [0.15, 0.2) is 11.7 Å². The summed E-state index contributed by atoms with van der Waals surface area (Å²) in [5.41, 5.74) is 3.89. The second-order valence-corrected chi connectivity index (χ2v) is 5.21. The number of nitrogens with zero attached hydrogens (tertiary/aromatic N) is 1. The Bertz CT molecular complexity index is 821. The average Bonchev–Trinajstić information content (AvgIpc) is 3.04. The van der Waals surface area contributed by atoms with Gasteiger partial charge in [-0.3, -0.25) is 9.79 Å². The Balaban J connectivity index is 0.00000364. The summed E-state index contributed by atoms with van der Waals surface area (Å²) in [6.45, 7) is -0.0953. The second kappa shape index (κ2) is 9.58. The number of guanidine groups is 1. The first-order chi connectivity index (χ1) is 12.2. The van der Waals surface area contributed by atoms with E-state index in [0.717, 1.165) is 12.1 Å². The molecule has 0 saturated carbocycles. The lowest BCUT2D eigenvalue weighted by molar-refractivity contribution is -0.138. The van der Waals surface area contributed by atoms with E-state index in [4.69, 9.17) is 10.2 Å². The zero-order chi connectivity index (χ0) is 19.3. The molecule has 4 N–H and O–H groups in total. The van der Waals surface area contributed by atoms with Crippen molar-refractivity contribution < 1.29 is 26.8 Å². The van der Waals surface area contributed by atoms with Crippen molar-refractivity contribution in [3.05, 3.63) is 58.8 Å². The lowest BCUT2D eigenvalue weighted by Gasteiger charge is -2.15. The molecule has 1 aromatic carbocycles. The number of primary amides is 1. The summed E-state index contributed by atoms with van der Waals surface area (Å²) in [6, 6.07) is 5.40. The number of carbonyl (C=O) groups is 1. The van der Waals surface area contributed by atoms with Crippen molar-refractivity contribution in [2.24, 2.45) is 10.7 Å². The molecule has 6 nitrogen and oxygen atoms in total. The van der Waals surface area contributed by atoms with Crippen LogP contribution in [0.25, 0.3) is 0 Å². The maximum Gasteiger partial charge on any atom is 0.416 e. The fourth-order valence-electron chi connectivity index (χ4n) is 2.14. The van der Waals surface area contributed by atoms with Gasteiger partial charge in [-0.1, -0.05) is 6.07 Å². The van der Waals surface area contributed by atoms with E-state index in [-0.39, 0.29) is 54.3 Å². The zero-order valence-electron chi connectivity index (χ0n) is 14.1. The van der Waals surface area contributed by atoms with Gasteiger partial charge in [-0.2, -0.15) is 13.2 Å². The van der Waals surface area contributed by atoms with Gasteiger partial charge >= 0.3 is 6.18 Å². The van der Waals surface area contributed by atoms with Crippen molar-refractivity contribution in [3.8, 4) is 0 Å². The van der Waals surface area contributed by atoms with Crippen molar-refractivity contribution in [1.82, 2.24) is 10.6 Å². The van der Waals surface area contributed by atoms with E-state index in [0.29, 0.717) is 11.8 Å². The Morgan fingerprint density at radius 1 is 1.19 bits per heavy atom. The van der Waals surface area contributed by atoms with Gasteiger partial charge in [-0.25, -0.2) is 4.39 Å². The molecule has 0 bridgehead atoms. The van der Waals surface area contributed by atoms with Gasteiger partial charge in [0.1, 0.15) is 11.6 Å². The van der Waals surface area contributed by atoms with Crippen molar-refractivity contribution in [3.63, 3.8) is 0 Å². The fraction of sp³-hybridized carbons (Fsp3) is 0.250. The van der Waals surface area contributed by atoms with Gasteiger partial charge in [-0.15, -0.1) is 24.0 Å². The summed E-state index contributed by atoms with van der Waals surface area (Å²) in [6.07, 6.45) is -4.67. The van der Waals surface area contributed by atoms with E-state index in [1.165, 1.54) is 19.2 Å². The predicted molar refractivity (Wildman–Crippen MR) is 101 cm³/mol. The van der Waals surface area contributed by atoms with E-state index in [9.17, 15) is 22.4 Å². The number of hydrogen-bond donors (Lipinski definition) is 3. The number of aliphatic imine (C=N–C) groups is 1. The van der Waals surface area contributed by atoms with Crippen LogP contribution in [-0.2, 0) is 19.3 Å². The van der Waals surface area contributed by atoms with Crippen molar-refractivity contribution in [2.75, 3.05) is 7.05 Å². The van der Waals surface area contributed by atoms with Crippen molar-refractivity contribution in [2.45, 2.75) is 19.3 Å². The molecule has 0 spiro atoms. The molecule has 148 valence electrons. The number of rotatable bonds is 5. The first-order valence-electron chi connectivity index (χ1n) is 7.39. The lowest BCUT2D eigenvalue weighted by atomic mass is 10.1. The van der Waals surface area contributed by atoms with Gasteiger partial charge in [0.05, 0.1) is 12.1 Å². The summed E-state index contributed by atoms with van der Waals surface area (Å²) in [5, 5.41) is 5.52. The molecule has 1 heterocycles. The second-order valence-electron chi connectivity index (χ2n) is 5.21. The highest BCUT2D eigenvalue weighted by Gasteiger charge is 2.33. The molecular formula is C16H17F4IN4O2. The monoisotopic (exact) mass is 500 g/mol. The minimum Gasteiger partial charge on any atom is -0.454 e. The molecule has 2 aromatic rings. The standard InChI is InChI=1S/C16H16F4N4O2.HI/c1-22-15(24-8-11-4-5-13(26-11)14(21)25)23-7-9-2-3-10(17)6-12(9)16(18,19)20;/h2-6H,7-8H2,1H3,(H2,21,25)(H2,22,23,24);1H. The van der Waals surface area contributed by atoms with E-state index < -0.39 is 23.5 Å². The number of nitrogens with one attached hydrogen (secondary N) is 2. The lowest BCUT2D eigenvalue weighted by Crippen LogP contribution is -2.36.